The third-order valence-electron chi connectivity index (χ3n) is 3.59. The first-order chi connectivity index (χ1) is 7.67. The number of rotatable bonds is 3. The summed E-state index contributed by atoms with van der Waals surface area (Å²) in [5.41, 5.74) is 0.723. The lowest BCUT2D eigenvalue weighted by Crippen LogP contribution is -2.40. The topological polar surface area (TPSA) is 22.4 Å². The van der Waals surface area contributed by atoms with E-state index in [1.165, 1.54) is 0 Å². The first-order valence-electron chi connectivity index (χ1n) is 6.05. The fourth-order valence-electron chi connectivity index (χ4n) is 1.28. The van der Waals surface area contributed by atoms with Crippen LogP contribution in [-0.4, -0.2) is 8.32 Å². The van der Waals surface area contributed by atoms with E-state index in [1.807, 2.05) is 19.1 Å². The van der Waals surface area contributed by atoms with Crippen LogP contribution in [0.2, 0.25) is 18.1 Å². The highest BCUT2D eigenvalue weighted by Crippen LogP contribution is 2.36. The molecule has 0 saturated heterocycles. The molecule has 1 rings (SSSR count). The van der Waals surface area contributed by atoms with Crippen molar-refractivity contribution in [3.05, 3.63) is 22.5 Å². The van der Waals surface area contributed by atoms with Gasteiger partial charge in [0.05, 0.1) is 6.61 Å². The SMILES string of the molecule is C=c1oc(CO[Si](C)(C)C(C)(C)C)c/c1=C/C. The molecule has 0 atom stereocenters. The largest absolute Gasteiger partial charge is 0.459 e. The van der Waals surface area contributed by atoms with Crippen LogP contribution in [0.1, 0.15) is 33.5 Å². The second-order valence-corrected chi connectivity index (χ2v) is 10.7. The molecule has 0 spiro atoms. The minimum Gasteiger partial charge on any atom is -0.459 e. The van der Waals surface area contributed by atoms with Crippen LogP contribution in [0.15, 0.2) is 10.5 Å². The molecular weight excluding hydrogens is 228 g/mol. The van der Waals surface area contributed by atoms with Gasteiger partial charge in [0, 0.05) is 5.22 Å². The molecule has 0 aliphatic carbocycles. The maximum Gasteiger partial charge on any atom is 0.192 e. The summed E-state index contributed by atoms with van der Waals surface area (Å²) >= 11 is 0. The fourth-order valence-corrected chi connectivity index (χ4v) is 2.22. The Morgan fingerprint density at radius 3 is 2.41 bits per heavy atom. The molecule has 0 unspecified atom stereocenters. The smallest absolute Gasteiger partial charge is 0.192 e. The first-order valence-corrected chi connectivity index (χ1v) is 8.96. The zero-order valence-corrected chi connectivity index (χ0v) is 12.9. The molecule has 17 heavy (non-hydrogen) atoms. The van der Waals surface area contributed by atoms with E-state index in [-0.39, 0.29) is 5.04 Å². The van der Waals surface area contributed by atoms with Gasteiger partial charge in [0.2, 0.25) is 0 Å². The van der Waals surface area contributed by atoms with Crippen LogP contribution in [-0.2, 0) is 11.0 Å². The van der Waals surface area contributed by atoms with E-state index in [1.54, 1.807) is 0 Å². The van der Waals surface area contributed by atoms with Gasteiger partial charge in [0.15, 0.2) is 8.32 Å². The molecule has 0 saturated carbocycles. The average Bonchev–Trinajstić information content (AvgIpc) is 2.54. The van der Waals surface area contributed by atoms with Crippen LogP contribution < -0.4 is 10.6 Å². The molecule has 0 fully saturated rings. The Labute approximate surface area is 105 Å². The van der Waals surface area contributed by atoms with Crippen LogP contribution >= 0.6 is 0 Å². The van der Waals surface area contributed by atoms with Crippen LogP contribution in [0.3, 0.4) is 0 Å². The van der Waals surface area contributed by atoms with Crippen LogP contribution in [0.5, 0.6) is 0 Å². The predicted molar refractivity (Wildman–Crippen MR) is 75.6 cm³/mol. The number of hydrogen-bond acceptors (Lipinski definition) is 2. The van der Waals surface area contributed by atoms with E-state index in [0.29, 0.717) is 6.61 Å². The third-order valence-corrected chi connectivity index (χ3v) is 8.06. The van der Waals surface area contributed by atoms with Crippen molar-refractivity contribution in [3.63, 3.8) is 0 Å². The highest BCUT2D eigenvalue weighted by Gasteiger charge is 2.37. The normalized spacial score (nSPS) is 14.4. The van der Waals surface area contributed by atoms with Gasteiger partial charge < -0.3 is 8.84 Å². The molecule has 0 aliphatic heterocycles. The fraction of sp³-hybridized carbons (Fsp3) is 0.571. The summed E-state index contributed by atoms with van der Waals surface area (Å²) in [5, 5.41) is 1.28. The van der Waals surface area contributed by atoms with Crippen molar-refractivity contribution >= 4 is 21.0 Å². The van der Waals surface area contributed by atoms with E-state index in [9.17, 15) is 0 Å². The van der Waals surface area contributed by atoms with Crippen molar-refractivity contribution in [2.45, 2.75) is 52.4 Å². The first kappa shape index (κ1) is 14.3. The highest BCUT2D eigenvalue weighted by atomic mass is 28.4. The van der Waals surface area contributed by atoms with Gasteiger partial charge in [-0.15, -0.1) is 0 Å². The molecule has 3 heteroatoms. The molecule has 96 valence electrons. The van der Waals surface area contributed by atoms with Crippen molar-refractivity contribution < 1.29 is 8.84 Å². The zero-order chi connectivity index (χ0) is 13.3. The van der Waals surface area contributed by atoms with Crippen molar-refractivity contribution in [1.29, 1.82) is 0 Å². The maximum absolute atomic E-state index is 6.10. The Morgan fingerprint density at radius 1 is 1.41 bits per heavy atom. The molecular formula is C14H24O2Si. The lowest BCUT2D eigenvalue weighted by atomic mass is 10.2. The van der Waals surface area contributed by atoms with Crippen LogP contribution in [0.25, 0.3) is 12.7 Å². The maximum atomic E-state index is 6.10. The molecule has 0 amide bonds. The minimum atomic E-state index is -1.70. The summed E-state index contributed by atoms with van der Waals surface area (Å²) in [7, 11) is -1.70. The lowest BCUT2D eigenvalue weighted by molar-refractivity contribution is 0.243. The zero-order valence-electron chi connectivity index (χ0n) is 11.9. The Hall–Kier alpha value is -0.803. The molecule has 1 aromatic heterocycles. The lowest BCUT2D eigenvalue weighted by Gasteiger charge is -2.35. The van der Waals surface area contributed by atoms with Gasteiger partial charge in [-0.25, -0.2) is 0 Å². The third kappa shape index (κ3) is 3.33. The Balaban J connectivity index is 2.78. The van der Waals surface area contributed by atoms with E-state index in [4.69, 9.17) is 8.84 Å². The van der Waals surface area contributed by atoms with Crippen molar-refractivity contribution in [2.75, 3.05) is 0 Å². The Morgan fingerprint density at radius 2 is 2.00 bits per heavy atom. The summed E-state index contributed by atoms with van der Waals surface area (Å²) < 4.78 is 11.7. The molecule has 1 aromatic rings. The van der Waals surface area contributed by atoms with Crippen molar-refractivity contribution in [1.82, 2.24) is 0 Å². The Kier molecular flexibility index (Phi) is 4.05. The predicted octanol–water partition coefficient (Wildman–Crippen LogP) is 3.01. The Bertz CT molecular complexity index is 477. The molecule has 0 bridgehead atoms. The van der Waals surface area contributed by atoms with E-state index in [0.717, 1.165) is 16.4 Å². The summed E-state index contributed by atoms with van der Waals surface area (Å²) in [6.07, 6.45) is 2.00. The van der Waals surface area contributed by atoms with Gasteiger partial charge in [-0.1, -0.05) is 33.4 Å². The summed E-state index contributed by atoms with van der Waals surface area (Å²) in [6.45, 7) is 17.6. The average molecular weight is 252 g/mol. The molecule has 2 nitrogen and oxygen atoms in total. The van der Waals surface area contributed by atoms with Gasteiger partial charge in [0.25, 0.3) is 0 Å². The molecule has 0 aliphatic rings. The minimum absolute atomic E-state index is 0.229. The highest BCUT2D eigenvalue weighted by molar-refractivity contribution is 6.74. The van der Waals surface area contributed by atoms with Crippen molar-refractivity contribution in [2.24, 2.45) is 0 Å². The number of hydrogen-bond donors (Lipinski definition) is 0. The monoisotopic (exact) mass is 252 g/mol. The molecule has 0 N–H and O–H groups in total. The molecule has 0 radical (unpaired) electrons. The van der Waals surface area contributed by atoms with E-state index >= 15 is 0 Å². The van der Waals surface area contributed by atoms with Crippen LogP contribution in [0.4, 0.5) is 0 Å². The van der Waals surface area contributed by atoms with Gasteiger partial charge >= 0.3 is 0 Å². The molecule has 1 heterocycles. The van der Waals surface area contributed by atoms with Gasteiger partial charge in [0.1, 0.15) is 11.2 Å². The van der Waals surface area contributed by atoms with E-state index < -0.39 is 8.32 Å². The standard InChI is InChI=1S/C14H24O2Si/c1-8-12-9-13(16-11(12)2)10-15-17(6,7)14(3,4)5/h8-9H,2,10H2,1,3-7H3/b12-8-. The summed E-state index contributed by atoms with van der Waals surface area (Å²) in [6, 6.07) is 2.01. The van der Waals surface area contributed by atoms with E-state index in [2.05, 4.69) is 40.4 Å². The van der Waals surface area contributed by atoms with Crippen molar-refractivity contribution in [3.8, 4) is 0 Å². The number of furan rings is 1. The quantitative estimate of drug-likeness (QED) is 0.772. The summed E-state index contributed by atoms with van der Waals surface area (Å²) in [5.74, 6) is 0.868. The van der Waals surface area contributed by atoms with Gasteiger partial charge in [-0.05, 0) is 31.1 Å². The van der Waals surface area contributed by atoms with Crippen LogP contribution in [0, 0.1) is 0 Å². The summed E-state index contributed by atoms with van der Waals surface area (Å²) in [4.78, 5) is 0. The molecule has 0 aromatic carbocycles. The second-order valence-electron chi connectivity index (χ2n) is 5.93. The second kappa shape index (κ2) is 4.82. The van der Waals surface area contributed by atoms with Gasteiger partial charge in [-0.2, -0.15) is 0 Å². The van der Waals surface area contributed by atoms with Gasteiger partial charge in [-0.3, -0.25) is 0 Å².